The highest BCUT2D eigenvalue weighted by atomic mass is 15.2. The highest BCUT2D eigenvalue weighted by Gasteiger charge is 2.36. The van der Waals surface area contributed by atoms with E-state index in [1.54, 1.807) is 6.33 Å². The molecule has 1 fully saturated rings. The monoisotopic (exact) mass is 292 g/mol. The zero-order valence-electron chi connectivity index (χ0n) is 12.9. The smallest absolute Gasteiger partial charge is 0.132 e. The van der Waals surface area contributed by atoms with Crippen LogP contribution in [0.4, 0.5) is 5.82 Å². The van der Waals surface area contributed by atoms with Crippen molar-refractivity contribution in [3.63, 3.8) is 0 Å². The zero-order valence-corrected chi connectivity index (χ0v) is 12.9. The molecule has 1 aromatic heterocycles. The van der Waals surface area contributed by atoms with Crippen molar-refractivity contribution in [2.45, 2.75) is 31.6 Å². The molecule has 1 saturated heterocycles. The van der Waals surface area contributed by atoms with Crippen molar-refractivity contribution in [1.29, 1.82) is 5.26 Å². The predicted molar refractivity (Wildman–Crippen MR) is 86.6 cm³/mol. The minimum absolute atomic E-state index is 0.363. The van der Waals surface area contributed by atoms with E-state index in [0.717, 1.165) is 49.4 Å². The summed E-state index contributed by atoms with van der Waals surface area (Å²) in [7, 11) is 0. The Morgan fingerprint density at radius 1 is 1.18 bits per heavy atom. The maximum absolute atomic E-state index is 9.74. The third kappa shape index (κ3) is 2.67. The van der Waals surface area contributed by atoms with Crippen LogP contribution in [-0.2, 0) is 11.8 Å². The number of aromatic nitrogens is 2. The van der Waals surface area contributed by atoms with Gasteiger partial charge in [-0.2, -0.15) is 5.26 Å². The van der Waals surface area contributed by atoms with Crippen molar-refractivity contribution >= 4 is 5.82 Å². The van der Waals surface area contributed by atoms with E-state index in [1.807, 2.05) is 18.2 Å². The van der Waals surface area contributed by atoms with Crippen molar-refractivity contribution < 1.29 is 0 Å². The fourth-order valence-corrected chi connectivity index (χ4v) is 3.09. The number of aryl methyl sites for hydroxylation is 1. The Hall–Kier alpha value is -2.41. The number of nitriles is 1. The van der Waals surface area contributed by atoms with Crippen LogP contribution in [0.5, 0.6) is 0 Å². The van der Waals surface area contributed by atoms with Crippen LogP contribution in [0.1, 0.15) is 31.0 Å². The molecule has 2 aromatic rings. The number of piperidine rings is 1. The van der Waals surface area contributed by atoms with Gasteiger partial charge < -0.3 is 4.90 Å². The van der Waals surface area contributed by atoms with Gasteiger partial charge in [-0.05, 0) is 24.8 Å². The molecule has 0 saturated carbocycles. The lowest BCUT2D eigenvalue weighted by Crippen LogP contribution is -2.42. The lowest BCUT2D eigenvalue weighted by atomic mass is 9.74. The van der Waals surface area contributed by atoms with Crippen molar-refractivity contribution in [1.82, 2.24) is 9.97 Å². The summed E-state index contributed by atoms with van der Waals surface area (Å²) >= 11 is 0. The second-order valence-electron chi connectivity index (χ2n) is 5.77. The standard InChI is InChI=1S/C18H20N4/c1-2-16-12-17(21-14-20-16)22-10-8-18(13-19,9-11-22)15-6-4-3-5-7-15/h3-7,12,14H,2,8-11H2,1H3. The van der Waals surface area contributed by atoms with Crippen LogP contribution >= 0.6 is 0 Å². The van der Waals surface area contributed by atoms with E-state index in [0.29, 0.717) is 0 Å². The summed E-state index contributed by atoms with van der Waals surface area (Å²) in [5.41, 5.74) is 1.83. The minimum Gasteiger partial charge on any atom is -0.356 e. The topological polar surface area (TPSA) is 52.8 Å². The van der Waals surface area contributed by atoms with E-state index < -0.39 is 0 Å². The highest BCUT2D eigenvalue weighted by molar-refractivity contribution is 5.42. The zero-order chi connectivity index (χ0) is 15.4. The molecule has 0 radical (unpaired) electrons. The average Bonchev–Trinajstić information content (AvgIpc) is 2.62. The van der Waals surface area contributed by atoms with Gasteiger partial charge in [-0.25, -0.2) is 9.97 Å². The second-order valence-corrected chi connectivity index (χ2v) is 5.77. The predicted octanol–water partition coefficient (Wildman–Crippen LogP) is 3.10. The number of anilines is 1. The molecule has 0 amide bonds. The van der Waals surface area contributed by atoms with Gasteiger partial charge in [0, 0.05) is 24.8 Å². The van der Waals surface area contributed by atoms with Crippen LogP contribution < -0.4 is 4.90 Å². The molecule has 2 heterocycles. The van der Waals surface area contributed by atoms with Crippen molar-refractivity contribution in [3.8, 4) is 6.07 Å². The molecule has 0 bridgehead atoms. The molecule has 112 valence electrons. The van der Waals surface area contributed by atoms with E-state index in [2.05, 4.69) is 46.1 Å². The molecule has 4 nitrogen and oxygen atoms in total. The van der Waals surface area contributed by atoms with Crippen molar-refractivity contribution in [2.24, 2.45) is 0 Å². The molecule has 0 aliphatic carbocycles. The first-order valence-electron chi connectivity index (χ1n) is 7.80. The van der Waals surface area contributed by atoms with Crippen LogP contribution in [0.25, 0.3) is 0 Å². The van der Waals surface area contributed by atoms with Crippen LogP contribution in [0.3, 0.4) is 0 Å². The SMILES string of the molecule is CCc1cc(N2CCC(C#N)(c3ccccc3)CC2)ncn1. The summed E-state index contributed by atoms with van der Waals surface area (Å²) in [6.07, 6.45) is 4.21. The molecule has 1 aliphatic heterocycles. The first-order valence-corrected chi connectivity index (χ1v) is 7.80. The maximum Gasteiger partial charge on any atom is 0.132 e. The molecule has 22 heavy (non-hydrogen) atoms. The third-order valence-corrected chi connectivity index (χ3v) is 4.55. The van der Waals surface area contributed by atoms with E-state index >= 15 is 0 Å². The van der Waals surface area contributed by atoms with Crippen molar-refractivity contribution in [3.05, 3.63) is 54.0 Å². The van der Waals surface area contributed by atoms with Gasteiger partial charge in [0.2, 0.25) is 0 Å². The molecule has 0 spiro atoms. The van der Waals surface area contributed by atoms with Crippen LogP contribution in [0, 0.1) is 11.3 Å². The fraction of sp³-hybridized carbons (Fsp3) is 0.389. The summed E-state index contributed by atoms with van der Waals surface area (Å²) in [4.78, 5) is 10.9. The molecule has 0 N–H and O–H groups in total. The average molecular weight is 292 g/mol. The van der Waals surface area contributed by atoms with Crippen LogP contribution in [0.2, 0.25) is 0 Å². The number of hydrogen-bond acceptors (Lipinski definition) is 4. The van der Waals surface area contributed by atoms with Gasteiger partial charge >= 0.3 is 0 Å². The molecule has 1 aliphatic rings. The lowest BCUT2D eigenvalue weighted by molar-refractivity contribution is 0.414. The van der Waals surface area contributed by atoms with E-state index in [4.69, 9.17) is 0 Å². The Morgan fingerprint density at radius 2 is 1.91 bits per heavy atom. The number of nitrogens with zero attached hydrogens (tertiary/aromatic N) is 4. The van der Waals surface area contributed by atoms with E-state index in [1.165, 1.54) is 0 Å². The lowest BCUT2D eigenvalue weighted by Gasteiger charge is -2.38. The summed E-state index contributed by atoms with van der Waals surface area (Å²) in [5, 5.41) is 9.74. The quantitative estimate of drug-likeness (QED) is 0.872. The molecular weight excluding hydrogens is 272 g/mol. The Labute approximate surface area is 131 Å². The van der Waals surface area contributed by atoms with Crippen LogP contribution in [-0.4, -0.2) is 23.1 Å². The van der Waals surface area contributed by atoms with E-state index in [9.17, 15) is 5.26 Å². The summed E-state index contributed by atoms with van der Waals surface area (Å²) in [6, 6.07) is 14.8. The van der Waals surface area contributed by atoms with Crippen molar-refractivity contribution in [2.75, 3.05) is 18.0 Å². The summed E-state index contributed by atoms with van der Waals surface area (Å²) in [6.45, 7) is 3.80. The van der Waals surface area contributed by atoms with Gasteiger partial charge in [0.15, 0.2) is 0 Å². The summed E-state index contributed by atoms with van der Waals surface area (Å²) in [5.74, 6) is 0.978. The molecule has 1 aromatic carbocycles. The molecule has 3 rings (SSSR count). The van der Waals surface area contributed by atoms with E-state index in [-0.39, 0.29) is 5.41 Å². The Kier molecular flexibility index (Phi) is 4.06. The van der Waals surface area contributed by atoms with Crippen LogP contribution in [0.15, 0.2) is 42.7 Å². The first-order chi connectivity index (χ1) is 10.8. The van der Waals surface area contributed by atoms with Gasteiger partial charge in [-0.3, -0.25) is 0 Å². The Balaban J connectivity index is 1.78. The van der Waals surface area contributed by atoms with Gasteiger partial charge in [0.25, 0.3) is 0 Å². The van der Waals surface area contributed by atoms with Gasteiger partial charge in [0.05, 0.1) is 11.5 Å². The molecule has 0 unspecified atom stereocenters. The number of benzene rings is 1. The molecule has 0 atom stereocenters. The Bertz CT molecular complexity index is 667. The van der Waals surface area contributed by atoms with Gasteiger partial charge in [-0.15, -0.1) is 0 Å². The Morgan fingerprint density at radius 3 is 2.55 bits per heavy atom. The molecule has 4 heteroatoms. The third-order valence-electron chi connectivity index (χ3n) is 4.55. The normalized spacial score (nSPS) is 17.0. The number of rotatable bonds is 3. The first kappa shape index (κ1) is 14.5. The van der Waals surface area contributed by atoms with Gasteiger partial charge in [0.1, 0.15) is 12.1 Å². The second kappa shape index (κ2) is 6.15. The van der Waals surface area contributed by atoms with Gasteiger partial charge in [-0.1, -0.05) is 37.3 Å². The molecular formula is C18H20N4. The highest BCUT2D eigenvalue weighted by Crippen LogP contribution is 2.35. The largest absolute Gasteiger partial charge is 0.356 e. The number of hydrogen-bond donors (Lipinski definition) is 0. The maximum atomic E-state index is 9.74. The minimum atomic E-state index is -0.363. The fourth-order valence-electron chi connectivity index (χ4n) is 3.09. The summed E-state index contributed by atoms with van der Waals surface area (Å²) < 4.78 is 0.